The summed E-state index contributed by atoms with van der Waals surface area (Å²) in [5.41, 5.74) is 7.05. The van der Waals surface area contributed by atoms with Crippen LogP contribution in [0.3, 0.4) is 0 Å². The lowest BCUT2D eigenvalue weighted by molar-refractivity contribution is -0.115. The summed E-state index contributed by atoms with van der Waals surface area (Å²) >= 11 is 11.6. The van der Waals surface area contributed by atoms with Gasteiger partial charge in [-0.3, -0.25) is 4.79 Å². The van der Waals surface area contributed by atoms with Crippen LogP contribution in [-0.4, -0.2) is 15.9 Å². The van der Waals surface area contributed by atoms with E-state index in [-0.39, 0.29) is 28.3 Å². The lowest BCUT2D eigenvalue weighted by Gasteiger charge is -2.06. The molecule has 0 aliphatic heterocycles. The van der Waals surface area contributed by atoms with Crippen LogP contribution in [0.1, 0.15) is 5.56 Å². The molecule has 2 aromatic rings. The van der Waals surface area contributed by atoms with Gasteiger partial charge in [-0.15, -0.1) is 0 Å². The molecular formula is C12H10Cl2N4O. The van der Waals surface area contributed by atoms with E-state index in [1.54, 1.807) is 24.3 Å². The predicted molar refractivity (Wildman–Crippen MR) is 75.2 cm³/mol. The van der Waals surface area contributed by atoms with Crippen molar-refractivity contribution in [2.24, 2.45) is 0 Å². The second-order valence-corrected chi connectivity index (χ2v) is 4.53. The van der Waals surface area contributed by atoms with E-state index in [1.807, 2.05) is 0 Å². The summed E-state index contributed by atoms with van der Waals surface area (Å²) in [6.45, 7) is 0. The van der Waals surface area contributed by atoms with Gasteiger partial charge in [0.15, 0.2) is 11.0 Å². The Bertz CT molecular complexity index is 601. The number of halogens is 2. The SMILES string of the molecule is Nc1ccc(CC(=O)Nc2ncnc(Cl)c2Cl)cc1. The smallest absolute Gasteiger partial charge is 0.229 e. The summed E-state index contributed by atoms with van der Waals surface area (Å²) in [4.78, 5) is 19.4. The highest BCUT2D eigenvalue weighted by molar-refractivity contribution is 6.42. The van der Waals surface area contributed by atoms with E-state index in [1.165, 1.54) is 6.33 Å². The van der Waals surface area contributed by atoms with Crippen molar-refractivity contribution in [3.05, 3.63) is 46.3 Å². The number of nitrogens with one attached hydrogen (secondary N) is 1. The highest BCUT2D eigenvalue weighted by Gasteiger charge is 2.11. The van der Waals surface area contributed by atoms with Crippen LogP contribution >= 0.6 is 23.2 Å². The van der Waals surface area contributed by atoms with Gasteiger partial charge < -0.3 is 11.1 Å². The third kappa shape index (κ3) is 3.56. The normalized spacial score (nSPS) is 10.2. The Morgan fingerprint density at radius 3 is 2.58 bits per heavy atom. The van der Waals surface area contributed by atoms with Crippen LogP contribution in [0.2, 0.25) is 10.2 Å². The summed E-state index contributed by atoms with van der Waals surface area (Å²) in [7, 11) is 0. The molecule has 0 spiro atoms. The Morgan fingerprint density at radius 2 is 1.89 bits per heavy atom. The van der Waals surface area contributed by atoms with Crippen LogP contribution in [0.5, 0.6) is 0 Å². The first-order valence-corrected chi connectivity index (χ1v) is 6.12. The van der Waals surface area contributed by atoms with Gasteiger partial charge in [0, 0.05) is 5.69 Å². The van der Waals surface area contributed by atoms with Crippen molar-refractivity contribution in [1.82, 2.24) is 9.97 Å². The van der Waals surface area contributed by atoms with Crippen LogP contribution in [0.15, 0.2) is 30.6 Å². The van der Waals surface area contributed by atoms with Crippen molar-refractivity contribution < 1.29 is 4.79 Å². The van der Waals surface area contributed by atoms with Crippen molar-refractivity contribution >= 4 is 40.6 Å². The molecule has 7 heteroatoms. The van der Waals surface area contributed by atoms with Crippen LogP contribution in [0.4, 0.5) is 11.5 Å². The molecule has 0 atom stereocenters. The van der Waals surface area contributed by atoms with E-state index in [9.17, 15) is 4.79 Å². The summed E-state index contributed by atoms with van der Waals surface area (Å²) in [6.07, 6.45) is 1.42. The summed E-state index contributed by atoms with van der Waals surface area (Å²) in [5.74, 6) is -0.0523. The number of hydrogen-bond donors (Lipinski definition) is 2. The molecule has 0 aliphatic carbocycles. The Morgan fingerprint density at radius 1 is 1.21 bits per heavy atom. The molecule has 98 valence electrons. The number of amides is 1. The molecule has 1 aromatic carbocycles. The van der Waals surface area contributed by atoms with Gasteiger partial charge in [0.25, 0.3) is 0 Å². The van der Waals surface area contributed by atoms with Gasteiger partial charge in [-0.2, -0.15) is 0 Å². The molecule has 0 unspecified atom stereocenters. The van der Waals surface area contributed by atoms with Crippen molar-refractivity contribution in [1.29, 1.82) is 0 Å². The fourth-order valence-electron chi connectivity index (χ4n) is 1.43. The zero-order valence-corrected chi connectivity index (χ0v) is 11.2. The third-order valence-electron chi connectivity index (χ3n) is 2.35. The monoisotopic (exact) mass is 296 g/mol. The van der Waals surface area contributed by atoms with E-state index in [2.05, 4.69) is 15.3 Å². The average molecular weight is 297 g/mol. The number of hydrogen-bond acceptors (Lipinski definition) is 4. The number of aromatic nitrogens is 2. The quantitative estimate of drug-likeness (QED) is 0.674. The first kappa shape index (κ1) is 13.6. The van der Waals surface area contributed by atoms with E-state index >= 15 is 0 Å². The molecule has 1 amide bonds. The van der Waals surface area contributed by atoms with Crippen molar-refractivity contribution in [2.75, 3.05) is 11.1 Å². The van der Waals surface area contributed by atoms with E-state index < -0.39 is 0 Å². The second-order valence-electron chi connectivity index (χ2n) is 3.79. The molecule has 0 bridgehead atoms. The number of carbonyl (C=O) groups excluding carboxylic acids is 1. The van der Waals surface area contributed by atoms with Crippen LogP contribution in [-0.2, 0) is 11.2 Å². The highest BCUT2D eigenvalue weighted by atomic mass is 35.5. The molecule has 19 heavy (non-hydrogen) atoms. The summed E-state index contributed by atoms with van der Waals surface area (Å²) in [5, 5.41) is 2.79. The molecule has 0 radical (unpaired) electrons. The number of benzene rings is 1. The first-order valence-electron chi connectivity index (χ1n) is 5.36. The molecule has 0 saturated carbocycles. The minimum absolute atomic E-state index is 0.0967. The highest BCUT2D eigenvalue weighted by Crippen LogP contribution is 2.25. The number of nitrogens with two attached hydrogens (primary N) is 1. The molecule has 0 saturated heterocycles. The summed E-state index contributed by atoms with van der Waals surface area (Å²) in [6, 6.07) is 7.03. The Hall–Kier alpha value is -1.85. The van der Waals surface area contributed by atoms with E-state index in [0.717, 1.165) is 5.56 Å². The second kappa shape index (κ2) is 5.86. The molecule has 1 aromatic heterocycles. The molecule has 0 aliphatic rings. The van der Waals surface area contributed by atoms with Crippen molar-refractivity contribution in [3.8, 4) is 0 Å². The average Bonchev–Trinajstić information content (AvgIpc) is 2.38. The van der Waals surface area contributed by atoms with Crippen LogP contribution in [0.25, 0.3) is 0 Å². The number of rotatable bonds is 3. The van der Waals surface area contributed by atoms with E-state index in [4.69, 9.17) is 28.9 Å². The van der Waals surface area contributed by atoms with Crippen LogP contribution in [0, 0.1) is 0 Å². The van der Waals surface area contributed by atoms with Gasteiger partial charge in [0.1, 0.15) is 11.3 Å². The molecule has 0 fully saturated rings. The zero-order chi connectivity index (χ0) is 13.8. The Kier molecular flexibility index (Phi) is 4.19. The van der Waals surface area contributed by atoms with Gasteiger partial charge in [0.2, 0.25) is 5.91 Å². The van der Waals surface area contributed by atoms with Gasteiger partial charge in [-0.05, 0) is 17.7 Å². The van der Waals surface area contributed by atoms with E-state index in [0.29, 0.717) is 5.69 Å². The molecular weight excluding hydrogens is 287 g/mol. The molecule has 2 rings (SSSR count). The maximum absolute atomic E-state index is 11.8. The minimum Gasteiger partial charge on any atom is -0.399 e. The number of nitrogen functional groups attached to an aromatic ring is 1. The lowest BCUT2D eigenvalue weighted by atomic mass is 10.1. The topological polar surface area (TPSA) is 80.9 Å². The van der Waals surface area contributed by atoms with Gasteiger partial charge in [-0.25, -0.2) is 9.97 Å². The maximum atomic E-state index is 11.8. The number of carbonyl (C=O) groups is 1. The van der Waals surface area contributed by atoms with Crippen LogP contribution < -0.4 is 11.1 Å². The van der Waals surface area contributed by atoms with Gasteiger partial charge in [-0.1, -0.05) is 35.3 Å². The van der Waals surface area contributed by atoms with Crippen molar-refractivity contribution in [2.45, 2.75) is 6.42 Å². The molecule has 1 heterocycles. The number of anilines is 2. The minimum atomic E-state index is -0.249. The Balaban J connectivity index is 2.05. The summed E-state index contributed by atoms with van der Waals surface area (Å²) < 4.78 is 0. The van der Waals surface area contributed by atoms with Gasteiger partial charge in [0.05, 0.1) is 6.42 Å². The van der Waals surface area contributed by atoms with Gasteiger partial charge >= 0.3 is 0 Å². The van der Waals surface area contributed by atoms with Crippen molar-refractivity contribution in [3.63, 3.8) is 0 Å². The third-order valence-corrected chi connectivity index (χ3v) is 3.09. The Labute approximate surface area is 119 Å². The zero-order valence-electron chi connectivity index (χ0n) is 9.73. The molecule has 5 nitrogen and oxygen atoms in total. The first-order chi connectivity index (χ1) is 9.06. The standard InChI is InChI=1S/C12H10Cl2N4O/c13-10-11(14)16-6-17-12(10)18-9(19)5-7-1-3-8(15)4-2-7/h1-4,6H,5,15H2,(H,16,17,18,19). The fraction of sp³-hybridized carbons (Fsp3) is 0.0833. The largest absolute Gasteiger partial charge is 0.399 e. The number of nitrogens with zero attached hydrogens (tertiary/aromatic N) is 2. The lowest BCUT2D eigenvalue weighted by Crippen LogP contribution is -2.15. The predicted octanol–water partition coefficient (Wildman–Crippen LogP) is 2.55. The molecule has 3 N–H and O–H groups in total. The maximum Gasteiger partial charge on any atom is 0.229 e. The fourth-order valence-corrected chi connectivity index (χ4v) is 1.71.